The zero-order valence-corrected chi connectivity index (χ0v) is 6.53. The van der Waals surface area contributed by atoms with Gasteiger partial charge in [0.05, 0.1) is 0 Å². The number of aliphatic hydroxyl groups excluding tert-OH is 1. The average Bonchev–Trinajstić information content (AvgIpc) is 1.64. The van der Waals surface area contributed by atoms with E-state index in [1.54, 1.807) is 0 Å². The van der Waals surface area contributed by atoms with Gasteiger partial charge in [-0.2, -0.15) is 0 Å². The van der Waals surface area contributed by atoms with Gasteiger partial charge in [-0.3, -0.25) is 0 Å². The van der Waals surface area contributed by atoms with Crippen LogP contribution in [-0.4, -0.2) is 44.1 Å². The van der Waals surface area contributed by atoms with Crippen molar-refractivity contribution in [2.75, 3.05) is 0 Å². The Bertz CT molecular complexity index is 125. The molecule has 0 radical (unpaired) electrons. The van der Waals surface area contributed by atoms with E-state index in [1.165, 1.54) is 6.92 Å². The fourth-order valence-corrected chi connectivity index (χ4v) is 0.898. The number of carboxylic acid groups (broad SMARTS) is 1. The van der Waals surface area contributed by atoms with Crippen LogP contribution in [0.2, 0.25) is 0 Å². The first kappa shape index (κ1) is 8.75. The molecule has 0 bridgehead atoms. The Morgan fingerprint density at radius 1 is 1.78 bits per heavy atom. The molecular formula is C4H7NO3Se. The molecule has 9 heavy (non-hydrogen) atoms. The van der Waals surface area contributed by atoms with Gasteiger partial charge in [-0.25, -0.2) is 0 Å². The molecule has 0 aliphatic carbocycles. The Hall–Kier alpha value is -0.251. The van der Waals surface area contributed by atoms with Gasteiger partial charge in [-0.1, -0.05) is 0 Å². The monoisotopic (exact) mass is 197 g/mol. The van der Waals surface area contributed by atoms with E-state index in [1.807, 2.05) is 0 Å². The number of carboxylic acids is 1. The SMILES string of the molecule is CC(O)C(N=[Se])C(=O)O. The number of rotatable bonds is 3. The maximum absolute atomic E-state index is 10.1. The van der Waals surface area contributed by atoms with Crippen LogP contribution in [0.1, 0.15) is 6.92 Å². The summed E-state index contributed by atoms with van der Waals surface area (Å²) in [6.07, 6.45) is -0.941. The Kier molecular flexibility index (Phi) is 3.61. The van der Waals surface area contributed by atoms with Gasteiger partial charge < -0.3 is 0 Å². The number of hydrogen-bond donors (Lipinski definition) is 2. The summed E-state index contributed by atoms with van der Waals surface area (Å²) in [4.78, 5) is 10.1. The maximum atomic E-state index is 10.1. The molecule has 2 N–H and O–H groups in total. The second-order valence-corrected chi connectivity index (χ2v) is 2.07. The Morgan fingerprint density at radius 3 is 2.22 bits per heavy atom. The van der Waals surface area contributed by atoms with Crippen LogP contribution in [0.5, 0.6) is 0 Å². The third-order valence-electron chi connectivity index (χ3n) is 0.824. The summed E-state index contributed by atoms with van der Waals surface area (Å²) in [6, 6.07) is -1.04. The quantitative estimate of drug-likeness (QED) is 0.579. The van der Waals surface area contributed by atoms with Crippen molar-refractivity contribution in [3.8, 4) is 0 Å². The molecule has 52 valence electrons. The normalized spacial score (nSPS) is 16.2. The summed E-state index contributed by atoms with van der Waals surface area (Å²) in [7, 11) is 0. The van der Waals surface area contributed by atoms with Crippen LogP contribution < -0.4 is 0 Å². The van der Waals surface area contributed by atoms with Crippen molar-refractivity contribution in [1.29, 1.82) is 0 Å². The number of aliphatic hydroxyl groups is 1. The molecule has 0 saturated carbocycles. The number of carbonyl (C=O) groups is 1. The van der Waals surface area contributed by atoms with Gasteiger partial charge in [0.25, 0.3) is 0 Å². The second-order valence-electron chi connectivity index (χ2n) is 1.63. The molecule has 0 saturated heterocycles. The van der Waals surface area contributed by atoms with Crippen molar-refractivity contribution in [1.82, 2.24) is 0 Å². The van der Waals surface area contributed by atoms with Crippen LogP contribution in [0.3, 0.4) is 0 Å². The molecule has 0 aromatic rings. The fourth-order valence-electron chi connectivity index (χ4n) is 0.340. The molecule has 0 fully saturated rings. The Balaban J connectivity index is 3.98. The molecule has 0 rings (SSSR count). The van der Waals surface area contributed by atoms with Gasteiger partial charge in [-0.05, 0) is 0 Å². The molecule has 0 spiro atoms. The molecule has 0 amide bonds. The molecule has 2 atom stereocenters. The van der Waals surface area contributed by atoms with E-state index in [9.17, 15) is 4.79 Å². The number of aliphatic carboxylic acids is 1. The van der Waals surface area contributed by atoms with Gasteiger partial charge in [0.2, 0.25) is 0 Å². The minimum absolute atomic E-state index is 0.941. The second kappa shape index (κ2) is 3.71. The fraction of sp³-hybridized carbons (Fsp3) is 0.750. The summed E-state index contributed by atoms with van der Waals surface area (Å²) < 4.78 is 3.31. The third-order valence-corrected chi connectivity index (χ3v) is 1.30. The van der Waals surface area contributed by atoms with Gasteiger partial charge in [0.1, 0.15) is 0 Å². The van der Waals surface area contributed by atoms with Crippen molar-refractivity contribution in [2.45, 2.75) is 19.1 Å². The van der Waals surface area contributed by atoms with Crippen molar-refractivity contribution in [3.63, 3.8) is 0 Å². The summed E-state index contributed by atoms with van der Waals surface area (Å²) in [6.45, 7) is 1.37. The summed E-state index contributed by atoms with van der Waals surface area (Å²) >= 11 is 2.19. The van der Waals surface area contributed by atoms with E-state index in [0.717, 1.165) is 0 Å². The molecule has 0 aliphatic heterocycles. The number of nitrogens with zero attached hydrogens (tertiary/aromatic N) is 1. The summed E-state index contributed by atoms with van der Waals surface area (Å²) in [5, 5.41) is 17.0. The third kappa shape index (κ3) is 2.70. The van der Waals surface area contributed by atoms with Crippen LogP contribution in [0.25, 0.3) is 0 Å². The first-order valence-corrected chi connectivity index (χ1v) is 3.09. The summed E-state index contributed by atoms with van der Waals surface area (Å²) in [5.41, 5.74) is 0. The van der Waals surface area contributed by atoms with Crippen LogP contribution in [0, 0.1) is 0 Å². The molecule has 0 aromatic heterocycles. The first-order chi connectivity index (χ1) is 4.09. The van der Waals surface area contributed by atoms with E-state index in [4.69, 9.17) is 10.2 Å². The predicted octanol–water partition coefficient (Wildman–Crippen LogP) is -0.827. The molecule has 0 aliphatic rings. The van der Waals surface area contributed by atoms with Gasteiger partial charge >= 0.3 is 59.8 Å². The topological polar surface area (TPSA) is 69.9 Å². The molecule has 0 heterocycles. The van der Waals surface area contributed by atoms with Gasteiger partial charge in [-0.15, -0.1) is 0 Å². The van der Waals surface area contributed by atoms with Crippen LogP contribution in [0.15, 0.2) is 3.96 Å². The molecule has 5 heteroatoms. The van der Waals surface area contributed by atoms with E-state index in [2.05, 4.69) is 19.8 Å². The van der Waals surface area contributed by atoms with Crippen LogP contribution in [0.4, 0.5) is 0 Å². The van der Waals surface area contributed by atoms with E-state index in [-0.39, 0.29) is 0 Å². The van der Waals surface area contributed by atoms with E-state index < -0.39 is 18.1 Å². The van der Waals surface area contributed by atoms with Gasteiger partial charge in [0.15, 0.2) is 0 Å². The van der Waals surface area contributed by atoms with Crippen LogP contribution in [-0.2, 0) is 4.79 Å². The van der Waals surface area contributed by atoms with Crippen LogP contribution >= 0.6 is 0 Å². The Morgan fingerprint density at radius 2 is 2.22 bits per heavy atom. The first-order valence-electron chi connectivity index (χ1n) is 2.33. The molecular weight excluding hydrogens is 189 g/mol. The minimum atomic E-state index is -1.12. The average molecular weight is 196 g/mol. The summed E-state index contributed by atoms with van der Waals surface area (Å²) in [5.74, 6) is -1.12. The van der Waals surface area contributed by atoms with Crippen molar-refractivity contribution < 1.29 is 15.0 Å². The van der Waals surface area contributed by atoms with E-state index >= 15 is 0 Å². The van der Waals surface area contributed by atoms with Gasteiger partial charge in [0, 0.05) is 0 Å². The van der Waals surface area contributed by atoms with Crippen molar-refractivity contribution in [3.05, 3.63) is 0 Å². The molecule has 0 aromatic carbocycles. The van der Waals surface area contributed by atoms with E-state index in [0.29, 0.717) is 0 Å². The standard InChI is InChI=1S/C4H7NO3Se/c1-2(6)3(5-9)4(7)8/h2-3,6H,1H3,(H,7,8). The Labute approximate surface area is 60.5 Å². The predicted molar refractivity (Wildman–Crippen MR) is 31.3 cm³/mol. The number of hydrogen-bond acceptors (Lipinski definition) is 3. The molecule has 2 unspecified atom stereocenters. The van der Waals surface area contributed by atoms with Crippen molar-refractivity contribution >= 4 is 21.8 Å². The zero-order chi connectivity index (χ0) is 7.44. The van der Waals surface area contributed by atoms with Crippen molar-refractivity contribution in [2.24, 2.45) is 3.96 Å². The molecule has 4 nitrogen and oxygen atoms in total. The zero-order valence-electron chi connectivity index (χ0n) is 4.81.